The minimum absolute atomic E-state index is 0.673. The third kappa shape index (κ3) is 4.77. The molecule has 3 aromatic rings. The smallest absolute Gasteiger partial charge is 0.0850 e. The highest BCUT2D eigenvalue weighted by molar-refractivity contribution is 5.69. The summed E-state index contributed by atoms with van der Waals surface area (Å²) >= 11 is 0. The molecule has 25 heavy (non-hydrogen) atoms. The molecule has 0 amide bonds. The maximum Gasteiger partial charge on any atom is 0.0850 e. The fourth-order valence-electron chi connectivity index (χ4n) is 2.82. The Morgan fingerprint density at radius 1 is 0.680 bits per heavy atom. The topological polar surface area (TPSA) is 36.1 Å². The monoisotopic (exact) mass is 331 g/mol. The Morgan fingerprint density at radius 2 is 1.36 bits per heavy atom. The quantitative estimate of drug-likeness (QED) is 0.508. The maximum atomic E-state index is 3.55. The van der Waals surface area contributed by atoms with Crippen molar-refractivity contribution < 1.29 is 0 Å². The second-order valence-electron chi connectivity index (χ2n) is 6.23. The van der Waals surface area contributed by atoms with Crippen LogP contribution in [0.25, 0.3) is 0 Å². The van der Waals surface area contributed by atoms with E-state index in [0.717, 1.165) is 23.6 Å². The maximum absolute atomic E-state index is 3.55. The van der Waals surface area contributed by atoms with Crippen LogP contribution < -0.4 is 16.0 Å². The molecule has 0 aromatic heterocycles. The minimum Gasteiger partial charge on any atom is -0.379 e. The van der Waals surface area contributed by atoms with Gasteiger partial charge in [0.05, 0.1) is 18.0 Å². The van der Waals surface area contributed by atoms with E-state index in [4.69, 9.17) is 0 Å². The number of hydrogen-bond donors (Lipinski definition) is 3. The van der Waals surface area contributed by atoms with Gasteiger partial charge >= 0.3 is 0 Å². The normalized spacial score (nSPS) is 10.3. The number of rotatable bonds is 7. The van der Waals surface area contributed by atoms with Gasteiger partial charge in [0.25, 0.3) is 0 Å². The lowest BCUT2D eigenvalue weighted by Crippen LogP contribution is -2.13. The summed E-state index contributed by atoms with van der Waals surface area (Å²) in [5.41, 5.74) is 7.26. The van der Waals surface area contributed by atoms with Crippen molar-refractivity contribution in [3.05, 3.63) is 89.5 Å². The molecule has 3 rings (SSSR count). The average Bonchev–Trinajstić information content (AvgIpc) is 2.63. The first kappa shape index (κ1) is 16.9. The summed E-state index contributed by atoms with van der Waals surface area (Å²) in [7, 11) is 0. The molecular formula is C22H25N3. The Kier molecular flexibility index (Phi) is 5.57. The van der Waals surface area contributed by atoms with Crippen LogP contribution in [0.1, 0.15) is 16.7 Å². The average molecular weight is 331 g/mol. The van der Waals surface area contributed by atoms with E-state index < -0.39 is 0 Å². The molecule has 0 spiro atoms. The zero-order chi connectivity index (χ0) is 17.5. The van der Waals surface area contributed by atoms with E-state index in [-0.39, 0.29) is 0 Å². The number of hydrogen-bond acceptors (Lipinski definition) is 3. The first-order valence-corrected chi connectivity index (χ1v) is 8.64. The van der Waals surface area contributed by atoms with Crippen molar-refractivity contribution in [3.63, 3.8) is 0 Å². The molecule has 0 bridgehead atoms. The summed E-state index contributed by atoms with van der Waals surface area (Å²) in [5, 5.41) is 10.4. The van der Waals surface area contributed by atoms with Crippen molar-refractivity contribution in [2.24, 2.45) is 0 Å². The third-order valence-corrected chi connectivity index (χ3v) is 4.24. The molecule has 0 fully saturated rings. The van der Waals surface area contributed by atoms with Crippen LogP contribution in [0.3, 0.4) is 0 Å². The molecule has 0 saturated heterocycles. The number of nitrogens with one attached hydrogen (secondary N) is 3. The van der Waals surface area contributed by atoms with Gasteiger partial charge in [-0.15, -0.1) is 0 Å². The molecule has 0 aliphatic rings. The Morgan fingerprint density at radius 3 is 2.08 bits per heavy atom. The second-order valence-corrected chi connectivity index (χ2v) is 6.23. The summed E-state index contributed by atoms with van der Waals surface area (Å²) in [6.45, 7) is 5.78. The van der Waals surface area contributed by atoms with Crippen molar-refractivity contribution in [2.45, 2.75) is 20.4 Å². The molecule has 3 heteroatoms. The van der Waals surface area contributed by atoms with Crippen LogP contribution in [0.2, 0.25) is 0 Å². The second kappa shape index (κ2) is 8.25. The van der Waals surface area contributed by atoms with Gasteiger partial charge in [0.1, 0.15) is 0 Å². The van der Waals surface area contributed by atoms with Gasteiger partial charge < -0.3 is 16.0 Å². The molecule has 0 saturated carbocycles. The molecular weight excluding hydrogens is 306 g/mol. The zero-order valence-electron chi connectivity index (χ0n) is 14.8. The van der Waals surface area contributed by atoms with Crippen LogP contribution in [0.5, 0.6) is 0 Å². The molecule has 0 atom stereocenters. The van der Waals surface area contributed by atoms with Gasteiger partial charge in [0.15, 0.2) is 0 Å². The third-order valence-electron chi connectivity index (χ3n) is 4.24. The molecule has 3 aromatic carbocycles. The number of para-hydroxylation sites is 3. The van der Waals surface area contributed by atoms with Crippen molar-refractivity contribution in [2.75, 3.05) is 22.6 Å². The molecule has 0 heterocycles. The number of benzene rings is 3. The zero-order valence-corrected chi connectivity index (χ0v) is 14.8. The lowest BCUT2D eigenvalue weighted by molar-refractivity contribution is 1.11. The van der Waals surface area contributed by atoms with Crippen molar-refractivity contribution in [1.29, 1.82) is 0 Å². The summed E-state index contributed by atoms with van der Waals surface area (Å²) in [4.78, 5) is 0. The molecule has 0 aliphatic carbocycles. The highest BCUT2D eigenvalue weighted by atomic mass is 15.1. The minimum atomic E-state index is 0.673. The Labute approximate surface area is 150 Å². The predicted octanol–water partition coefficient (Wildman–Crippen LogP) is 5.40. The van der Waals surface area contributed by atoms with Crippen molar-refractivity contribution in [3.8, 4) is 0 Å². The van der Waals surface area contributed by atoms with Gasteiger partial charge in [0.2, 0.25) is 0 Å². The molecule has 0 unspecified atom stereocenters. The van der Waals surface area contributed by atoms with Crippen molar-refractivity contribution in [1.82, 2.24) is 0 Å². The van der Waals surface area contributed by atoms with Gasteiger partial charge in [0, 0.05) is 12.2 Å². The van der Waals surface area contributed by atoms with Crippen LogP contribution in [0.15, 0.2) is 72.8 Å². The van der Waals surface area contributed by atoms with Crippen LogP contribution in [-0.2, 0) is 6.54 Å². The Hall–Kier alpha value is -2.94. The lowest BCUT2D eigenvalue weighted by Gasteiger charge is -2.16. The summed E-state index contributed by atoms with van der Waals surface area (Å²) in [6.07, 6.45) is 0. The molecule has 3 N–H and O–H groups in total. The molecule has 128 valence electrons. The van der Waals surface area contributed by atoms with E-state index in [1.165, 1.54) is 16.7 Å². The molecule has 3 nitrogen and oxygen atoms in total. The molecule has 0 aliphatic heterocycles. The first-order valence-electron chi connectivity index (χ1n) is 8.64. The lowest BCUT2D eigenvalue weighted by atomic mass is 10.1. The number of anilines is 3. The van der Waals surface area contributed by atoms with Gasteiger partial charge in [-0.2, -0.15) is 0 Å². The van der Waals surface area contributed by atoms with Gasteiger partial charge in [-0.3, -0.25) is 0 Å². The van der Waals surface area contributed by atoms with Gasteiger partial charge in [-0.1, -0.05) is 54.1 Å². The Balaban J connectivity index is 1.60. The van der Waals surface area contributed by atoms with Crippen LogP contribution in [0.4, 0.5) is 17.1 Å². The van der Waals surface area contributed by atoms with Gasteiger partial charge in [-0.25, -0.2) is 0 Å². The van der Waals surface area contributed by atoms with E-state index in [1.807, 2.05) is 24.3 Å². The largest absolute Gasteiger partial charge is 0.379 e. The van der Waals surface area contributed by atoms with Crippen LogP contribution in [0, 0.1) is 13.8 Å². The van der Waals surface area contributed by atoms with Gasteiger partial charge in [-0.05, 0) is 49.2 Å². The highest BCUT2D eigenvalue weighted by Crippen LogP contribution is 2.22. The molecule has 0 radical (unpaired) electrons. The summed E-state index contributed by atoms with van der Waals surface area (Å²) in [5.74, 6) is 0. The standard InChI is InChI=1S/C22H25N3/c1-17-12-13-19(18(2)14-17)15-23-21-10-6-7-11-22(21)25-16-24-20-8-4-3-5-9-20/h3-14,23-25H,15-16H2,1-2H3. The van der Waals surface area contributed by atoms with Crippen molar-refractivity contribution >= 4 is 17.1 Å². The van der Waals surface area contributed by atoms with Crippen LogP contribution in [-0.4, -0.2) is 6.67 Å². The first-order chi connectivity index (χ1) is 12.2. The Bertz CT molecular complexity index is 813. The van der Waals surface area contributed by atoms with E-state index >= 15 is 0 Å². The fourth-order valence-corrected chi connectivity index (χ4v) is 2.82. The van der Waals surface area contributed by atoms with E-state index in [9.17, 15) is 0 Å². The SMILES string of the molecule is Cc1ccc(CNc2ccccc2NCNc2ccccc2)c(C)c1. The van der Waals surface area contributed by atoms with Crippen LogP contribution >= 0.6 is 0 Å². The highest BCUT2D eigenvalue weighted by Gasteiger charge is 2.03. The predicted molar refractivity (Wildman–Crippen MR) is 108 cm³/mol. The summed E-state index contributed by atoms with van der Waals surface area (Å²) in [6, 6.07) is 25.1. The summed E-state index contributed by atoms with van der Waals surface area (Å²) < 4.78 is 0. The fraction of sp³-hybridized carbons (Fsp3) is 0.182. The van der Waals surface area contributed by atoms with E-state index in [0.29, 0.717) is 6.67 Å². The van der Waals surface area contributed by atoms with E-state index in [2.05, 4.69) is 78.3 Å². The number of aryl methyl sites for hydroxylation is 2. The van der Waals surface area contributed by atoms with E-state index in [1.54, 1.807) is 0 Å².